The van der Waals surface area contributed by atoms with Crippen molar-refractivity contribution in [3.05, 3.63) is 38.7 Å². The Morgan fingerprint density at radius 1 is 1.14 bits per heavy atom. The average Bonchev–Trinajstić information content (AvgIpc) is 3.06. The zero-order valence-electron chi connectivity index (χ0n) is 14.7. The Morgan fingerprint density at radius 3 is 2.31 bits per heavy atom. The molecule has 3 aromatic rings. The van der Waals surface area contributed by atoms with Crippen molar-refractivity contribution in [3.8, 4) is 23.1 Å². The summed E-state index contributed by atoms with van der Waals surface area (Å²) in [5, 5.41) is 2.80. The summed E-state index contributed by atoms with van der Waals surface area (Å²) < 4.78 is 48.9. The van der Waals surface area contributed by atoms with E-state index in [1.54, 1.807) is 0 Å². The number of pyridine rings is 1. The van der Waals surface area contributed by atoms with Crippen molar-refractivity contribution in [1.82, 2.24) is 19.9 Å². The van der Waals surface area contributed by atoms with E-state index in [9.17, 15) is 18.0 Å². The second-order valence-electron chi connectivity index (χ2n) is 5.29. The summed E-state index contributed by atoms with van der Waals surface area (Å²) in [7, 11) is 2.69. The Hall–Kier alpha value is -2.55. The molecule has 29 heavy (non-hydrogen) atoms. The van der Waals surface area contributed by atoms with E-state index in [0.717, 1.165) is 23.6 Å². The maximum Gasteiger partial charge on any atom is 0.417 e. The van der Waals surface area contributed by atoms with Crippen molar-refractivity contribution in [2.24, 2.45) is 0 Å². The molecule has 0 spiro atoms. The molecule has 0 radical (unpaired) electrons. The molecule has 1 amide bonds. The predicted molar refractivity (Wildman–Crippen MR) is 106 cm³/mol. The van der Waals surface area contributed by atoms with Crippen molar-refractivity contribution < 1.29 is 27.4 Å². The number of carbonyl (C=O) groups excluding carboxylic acids is 1. The number of ether oxygens (including phenoxy) is 2. The van der Waals surface area contributed by atoms with Crippen molar-refractivity contribution in [2.45, 2.75) is 6.18 Å². The normalized spacial score (nSPS) is 11.2. The van der Waals surface area contributed by atoms with Crippen LogP contribution < -0.4 is 14.8 Å². The topological polar surface area (TPSA) is 99.1 Å². The minimum Gasteiger partial charge on any atom is -0.480 e. The fourth-order valence-electron chi connectivity index (χ4n) is 2.23. The number of hydrogen-bond donors (Lipinski definition) is 1. The van der Waals surface area contributed by atoms with E-state index < -0.39 is 17.6 Å². The smallest absolute Gasteiger partial charge is 0.417 e. The van der Waals surface area contributed by atoms with Gasteiger partial charge in [-0.05, 0) is 34.7 Å². The van der Waals surface area contributed by atoms with Crippen LogP contribution in [0.2, 0.25) is 0 Å². The van der Waals surface area contributed by atoms with Crippen molar-refractivity contribution in [3.63, 3.8) is 0 Å². The number of halogens is 4. The number of carbonyl (C=O) groups is 1. The molecule has 0 aromatic carbocycles. The van der Waals surface area contributed by atoms with E-state index in [2.05, 4.69) is 25.3 Å². The van der Waals surface area contributed by atoms with Crippen molar-refractivity contribution in [2.75, 3.05) is 19.5 Å². The highest BCUT2D eigenvalue weighted by Gasteiger charge is 2.31. The molecule has 0 saturated carbocycles. The molecule has 0 aliphatic rings. The summed E-state index contributed by atoms with van der Waals surface area (Å²) in [4.78, 5) is 28.5. The third kappa shape index (κ3) is 4.55. The van der Waals surface area contributed by atoms with Gasteiger partial charge in [-0.2, -0.15) is 13.2 Å². The number of aromatic nitrogens is 4. The van der Waals surface area contributed by atoms with Gasteiger partial charge in [0.2, 0.25) is 11.8 Å². The molecule has 3 rings (SSSR count). The lowest BCUT2D eigenvalue weighted by Crippen LogP contribution is -2.16. The SMILES string of the molecule is COc1ncnc(OC)c1C(=O)Nc1nc(-c2ccc(C(F)(F)F)cn2)c(I)s1. The van der Waals surface area contributed by atoms with E-state index in [4.69, 9.17) is 9.47 Å². The van der Waals surface area contributed by atoms with Crippen LogP contribution in [0.25, 0.3) is 11.4 Å². The lowest BCUT2D eigenvalue weighted by atomic mass is 10.2. The van der Waals surface area contributed by atoms with Gasteiger partial charge < -0.3 is 9.47 Å². The van der Waals surface area contributed by atoms with Crippen LogP contribution in [0.4, 0.5) is 18.3 Å². The zero-order chi connectivity index (χ0) is 21.2. The van der Waals surface area contributed by atoms with Gasteiger partial charge in [-0.15, -0.1) is 0 Å². The van der Waals surface area contributed by atoms with Gasteiger partial charge in [0.15, 0.2) is 10.7 Å². The number of amides is 1. The molecule has 0 fully saturated rings. The molecule has 3 aromatic heterocycles. The summed E-state index contributed by atoms with van der Waals surface area (Å²) in [5.41, 5.74) is -0.277. The quantitative estimate of drug-likeness (QED) is 0.494. The van der Waals surface area contributed by atoms with E-state index in [-0.39, 0.29) is 28.1 Å². The molecule has 0 unspecified atom stereocenters. The number of rotatable bonds is 5. The van der Waals surface area contributed by atoms with E-state index >= 15 is 0 Å². The van der Waals surface area contributed by atoms with E-state index in [0.29, 0.717) is 8.58 Å². The van der Waals surface area contributed by atoms with Crippen LogP contribution in [-0.2, 0) is 6.18 Å². The van der Waals surface area contributed by atoms with Gasteiger partial charge in [-0.1, -0.05) is 11.3 Å². The Kier molecular flexibility index (Phi) is 6.16. The molecule has 0 aliphatic heterocycles. The first-order valence-corrected chi connectivity index (χ1v) is 9.58. The molecule has 13 heteroatoms. The fourth-order valence-corrected chi connectivity index (χ4v) is 3.95. The van der Waals surface area contributed by atoms with Crippen LogP contribution in [0.5, 0.6) is 11.8 Å². The van der Waals surface area contributed by atoms with Crippen LogP contribution in [0.15, 0.2) is 24.7 Å². The number of hydrogen-bond acceptors (Lipinski definition) is 8. The Labute approximate surface area is 179 Å². The molecular weight excluding hydrogens is 526 g/mol. The van der Waals surface area contributed by atoms with Gasteiger partial charge in [0, 0.05) is 6.20 Å². The van der Waals surface area contributed by atoms with Crippen molar-refractivity contribution in [1.29, 1.82) is 0 Å². The lowest BCUT2D eigenvalue weighted by molar-refractivity contribution is -0.137. The number of nitrogens with zero attached hydrogens (tertiary/aromatic N) is 4. The highest BCUT2D eigenvalue weighted by molar-refractivity contribution is 14.1. The number of anilines is 1. The van der Waals surface area contributed by atoms with Gasteiger partial charge >= 0.3 is 6.18 Å². The lowest BCUT2D eigenvalue weighted by Gasteiger charge is -2.09. The molecule has 1 N–H and O–H groups in total. The minimum absolute atomic E-state index is 0.0167. The predicted octanol–water partition coefficient (Wildman–Crippen LogP) is 3.89. The summed E-state index contributed by atoms with van der Waals surface area (Å²) >= 11 is 3.10. The van der Waals surface area contributed by atoms with Crippen LogP contribution >= 0.6 is 33.9 Å². The Bertz CT molecular complexity index is 1020. The number of nitrogens with one attached hydrogen (secondary N) is 1. The molecule has 152 valence electrons. The number of thiazole rings is 1. The molecule has 3 heterocycles. The van der Waals surface area contributed by atoms with Crippen LogP contribution in [-0.4, -0.2) is 40.1 Å². The Balaban J connectivity index is 1.87. The van der Waals surface area contributed by atoms with E-state index in [1.165, 1.54) is 26.6 Å². The van der Waals surface area contributed by atoms with Gasteiger partial charge in [-0.25, -0.2) is 15.0 Å². The maximum atomic E-state index is 12.7. The molecule has 8 nitrogen and oxygen atoms in total. The van der Waals surface area contributed by atoms with Crippen LogP contribution in [0, 0.1) is 2.88 Å². The van der Waals surface area contributed by atoms with E-state index in [1.807, 2.05) is 22.6 Å². The second-order valence-corrected chi connectivity index (χ2v) is 8.10. The summed E-state index contributed by atoms with van der Waals surface area (Å²) in [6.07, 6.45) is -2.55. The third-order valence-electron chi connectivity index (χ3n) is 3.53. The average molecular weight is 537 g/mol. The van der Waals surface area contributed by atoms with Crippen LogP contribution in [0.1, 0.15) is 15.9 Å². The first-order valence-electron chi connectivity index (χ1n) is 7.69. The summed E-state index contributed by atoms with van der Waals surface area (Å²) in [6, 6.07) is 2.15. The second kappa shape index (κ2) is 8.44. The number of alkyl halides is 3. The van der Waals surface area contributed by atoms with Gasteiger partial charge in [0.1, 0.15) is 12.0 Å². The van der Waals surface area contributed by atoms with Crippen molar-refractivity contribution >= 4 is 45.0 Å². The minimum atomic E-state index is -4.48. The molecular formula is C16H11F3IN5O3S. The molecule has 0 bridgehead atoms. The van der Waals surface area contributed by atoms with Gasteiger partial charge in [0.25, 0.3) is 5.91 Å². The largest absolute Gasteiger partial charge is 0.480 e. The molecule has 0 atom stereocenters. The molecule has 0 saturated heterocycles. The first kappa shape index (κ1) is 21.2. The summed E-state index contributed by atoms with van der Waals surface area (Å²) in [6.45, 7) is 0. The number of methoxy groups -OCH3 is 2. The monoisotopic (exact) mass is 537 g/mol. The van der Waals surface area contributed by atoms with Gasteiger partial charge in [0.05, 0.1) is 28.4 Å². The summed E-state index contributed by atoms with van der Waals surface area (Å²) in [5.74, 6) is -0.577. The molecule has 0 aliphatic carbocycles. The highest BCUT2D eigenvalue weighted by Crippen LogP contribution is 2.34. The fraction of sp³-hybridized carbons (Fsp3) is 0.188. The first-order chi connectivity index (χ1) is 13.7. The zero-order valence-corrected chi connectivity index (χ0v) is 17.7. The Morgan fingerprint density at radius 2 is 1.79 bits per heavy atom. The standard InChI is InChI=1S/C16H11F3IN5O3S/c1-27-13-9(14(28-2)23-6-22-13)12(26)25-15-24-10(11(20)29-15)8-4-3-7(5-21-8)16(17,18)19/h3-6H,1-2H3,(H,24,25,26). The third-order valence-corrected chi connectivity index (χ3v) is 5.46. The van der Waals surface area contributed by atoms with Gasteiger partial charge in [-0.3, -0.25) is 15.1 Å². The maximum absolute atomic E-state index is 12.7. The van der Waals surface area contributed by atoms with Crippen LogP contribution in [0.3, 0.4) is 0 Å². The highest BCUT2D eigenvalue weighted by atomic mass is 127.